The molecule has 0 aromatic carbocycles. The summed E-state index contributed by atoms with van der Waals surface area (Å²) in [5.74, 6) is 0.895. The minimum absolute atomic E-state index is 0.194. The predicted octanol–water partition coefficient (Wildman–Crippen LogP) is 1.25. The summed E-state index contributed by atoms with van der Waals surface area (Å²) in [6.45, 7) is 3.65. The maximum absolute atomic E-state index is 5.15. The Bertz CT molecular complexity index is 291. The summed E-state index contributed by atoms with van der Waals surface area (Å²) in [4.78, 5) is 4.23. The first-order valence-electron chi connectivity index (χ1n) is 5.12. The number of aromatic nitrogens is 1. The average Bonchev–Trinajstić information content (AvgIpc) is 2.27. The number of hydrogen-bond acceptors (Lipinski definition) is 4. The third-order valence-electron chi connectivity index (χ3n) is 2.18. The van der Waals surface area contributed by atoms with Gasteiger partial charge in [0.1, 0.15) is 5.82 Å². The van der Waals surface area contributed by atoms with E-state index in [1.54, 1.807) is 7.11 Å². The highest BCUT2D eigenvalue weighted by atomic mass is 16.5. The molecule has 0 aliphatic rings. The van der Waals surface area contributed by atoms with Gasteiger partial charge in [0.05, 0.1) is 6.10 Å². The Morgan fingerprint density at radius 3 is 3.00 bits per heavy atom. The summed E-state index contributed by atoms with van der Waals surface area (Å²) >= 11 is 0. The van der Waals surface area contributed by atoms with E-state index in [4.69, 9.17) is 4.74 Å². The number of hydrogen-bond donors (Lipinski definition) is 2. The van der Waals surface area contributed by atoms with Gasteiger partial charge in [-0.05, 0) is 31.7 Å². The monoisotopic (exact) mass is 209 g/mol. The van der Waals surface area contributed by atoms with Crippen molar-refractivity contribution in [1.82, 2.24) is 10.3 Å². The van der Waals surface area contributed by atoms with Gasteiger partial charge in [-0.1, -0.05) is 0 Å². The van der Waals surface area contributed by atoms with Crippen LogP contribution in [0.2, 0.25) is 0 Å². The number of pyridine rings is 1. The van der Waals surface area contributed by atoms with Crippen molar-refractivity contribution in [2.24, 2.45) is 0 Å². The normalized spacial score (nSPS) is 12.5. The highest BCUT2D eigenvalue weighted by Crippen LogP contribution is 2.06. The van der Waals surface area contributed by atoms with Crippen LogP contribution in [-0.4, -0.2) is 31.8 Å². The van der Waals surface area contributed by atoms with Crippen molar-refractivity contribution in [2.45, 2.75) is 19.6 Å². The van der Waals surface area contributed by atoms with Gasteiger partial charge in [-0.2, -0.15) is 0 Å². The molecule has 4 heteroatoms. The minimum Gasteiger partial charge on any atom is -0.380 e. The Kier molecular flexibility index (Phi) is 5.07. The lowest BCUT2D eigenvalue weighted by Gasteiger charge is -2.11. The molecule has 0 saturated heterocycles. The zero-order chi connectivity index (χ0) is 11.1. The predicted molar refractivity (Wildman–Crippen MR) is 62.0 cm³/mol. The molecular weight excluding hydrogens is 190 g/mol. The van der Waals surface area contributed by atoms with Gasteiger partial charge < -0.3 is 15.4 Å². The molecule has 2 N–H and O–H groups in total. The molecule has 0 aliphatic heterocycles. The molecule has 84 valence electrons. The van der Waals surface area contributed by atoms with E-state index in [0.717, 1.165) is 18.9 Å². The first-order valence-corrected chi connectivity index (χ1v) is 5.12. The fourth-order valence-corrected chi connectivity index (χ4v) is 1.22. The molecule has 0 spiro atoms. The van der Waals surface area contributed by atoms with Crippen LogP contribution in [0.15, 0.2) is 18.3 Å². The van der Waals surface area contributed by atoms with Crippen molar-refractivity contribution in [2.75, 3.05) is 26.0 Å². The Hall–Kier alpha value is -1.13. The zero-order valence-electron chi connectivity index (χ0n) is 9.58. The average molecular weight is 209 g/mol. The molecule has 1 rings (SSSR count). The number of anilines is 1. The van der Waals surface area contributed by atoms with E-state index in [1.807, 2.05) is 32.3 Å². The van der Waals surface area contributed by atoms with Gasteiger partial charge >= 0.3 is 0 Å². The molecule has 0 fully saturated rings. The van der Waals surface area contributed by atoms with Crippen LogP contribution in [0.5, 0.6) is 0 Å². The van der Waals surface area contributed by atoms with E-state index < -0.39 is 0 Å². The number of nitrogens with zero attached hydrogens (tertiary/aromatic N) is 1. The smallest absolute Gasteiger partial charge is 0.126 e. The number of rotatable bonds is 6. The summed E-state index contributed by atoms with van der Waals surface area (Å²) < 4.78 is 5.15. The molecule has 0 amide bonds. The van der Waals surface area contributed by atoms with E-state index in [-0.39, 0.29) is 6.10 Å². The lowest BCUT2D eigenvalue weighted by atomic mass is 10.2. The summed E-state index contributed by atoms with van der Waals surface area (Å²) in [5, 5.41) is 6.34. The minimum atomic E-state index is 0.194. The first kappa shape index (κ1) is 11.9. The first-order chi connectivity index (χ1) is 7.26. The molecule has 1 unspecified atom stereocenters. The van der Waals surface area contributed by atoms with Crippen LogP contribution >= 0.6 is 0 Å². The number of ether oxygens (including phenoxy) is 1. The van der Waals surface area contributed by atoms with Crippen molar-refractivity contribution in [3.05, 3.63) is 23.9 Å². The van der Waals surface area contributed by atoms with Gasteiger partial charge in [-0.15, -0.1) is 0 Å². The molecule has 1 atom stereocenters. The molecule has 1 heterocycles. The molecule has 0 saturated carbocycles. The van der Waals surface area contributed by atoms with Gasteiger partial charge in [-0.3, -0.25) is 0 Å². The fraction of sp³-hybridized carbons (Fsp3) is 0.545. The number of methoxy groups -OCH3 is 1. The van der Waals surface area contributed by atoms with E-state index >= 15 is 0 Å². The zero-order valence-corrected chi connectivity index (χ0v) is 9.58. The van der Waals surface area contributed by atoms with Crippen LogP contribution in [0.1, 0.15) is 12.5 Å². The molecule has 1 aromatic rings. The Labute approximate surface area is 91.1 Å². The molecule has 15 heavy (non-hydrogen) atoms. The van der Waals surface area contributed by atoms with E-state index in [0.29, 0.717) is 0 Å². The quantitative estimate of drug-likeness (QED) is 0.740. The van der Waals surface area contributed by atoms with Gasteiger partial charge in [0.25, 0.3) is 0 Å². The lowest BCUT2D eigenvalue weighted by Crippen LogP contribution is -2.18. The van der Waals surface area contributed by atoms with Gasteiger partial charge in [0.15, 0.2) is 0 Å². The second-order valence-corrected chi connectivity index (χ2v) is 3.51. The van der Waals surface area contributed by atoms with Gasteiger partial charge in [0, 0.05) is 26.4 Å². The van der Waals surface area contributed by atoms with Crippen molar-refractivity contribution < 1.29 is 4.74 Å². The number of nitrogens with one attached hydrogen (secondary N) is 2. The van der Waals surface area contributed by atoms with Crippen molar-refractivity contribution >= 4 is 5.82 Å². The topological polar surface area (TPSA) is 46.2 Å². The Morgan fingerprint density at radius 2 is 2.33 bits per heavy atom. The highest BCUT2D eigenvalue weighted by molar-refractivity contribution is 5.37. The largest absolute Gasteiger partial charge is 0.380 e. The van der Waals surface area contributed by atoms with Crippen molar-refractivity contribution in [1.29, 1.82) is 0 Å². The molecule has 0 bridgehead atoms. The summed E-state index contributed by atoms with van der Waals surface area (Å²) in [7, 11) is 3.64. The van der Waals surface area contributed by atoms with E-state index in [1.165, 1.54) is 5.56 Å². The van der Waals surface area contributed by atoms with Crippen LogP contribution in [0.25, 0.3) is 0 Å². The van der Waals surface area contributed by atoms with Gasteiger partial charge in [-0.25, -0.2) is 4.98 Å². The van der Waals surface area contributed by atoms with Crippen LogP contribution in [0.4, 0.5) is 5.82 Å². The van der Waals surface area contributed by atoms with Gasteiger partial charge in [0.2, 0.25) is 0 Å². The SMILES string of the molecule is CNCc1ccnc(NCC(C)OC)c1. The summed E-state index contributed by atoms with van der Waals surface area (Å²) in [5.41, 5.74) is 1.22. The molecule has 0 radical (unpaired) electrons. The maximum Gasteiger partial charge on any atom is 0.126 e. The van der Waals surface area contributed by atoms with E-state index in [9.17, 15) is 0 Å². The highest BCUT2D eigenvalue weighted by Gasteiger charge is 2.00. The van der Waals surface area contributed by atoms with Crippen LogP contribution < -0.4 is 10.6 Å². The molecule has 0 aliphatic carbocycles. The van der Waals surface area contributed by atoms with Crippen molar-refractivity contribution in [3.8, 4) is 0 Å². The van der Waals surface area contributed by atoms with Crippen LogP contribution in [0.3, 0.4) is 0 Å². The van der Waals surface area contributed by atoms with E-state index in [2.05, 4.69) is 15.6 Å². The van der Waals surface area contributed by atoms with Crippen molar-refractivity contribution in [3.63, 3.8) is 0 Å². The lowest BCUT2D eigenvalue weighted by molar-refractivity contribution is 0.128. The molecule has 1 aromatic heterocycles. The summed E-state index contributed by atoms with van der Waals surface area (Å²) in [6.07, 6.45) is 2.01. The Balaban J connectivity index is 2.50. The van der Waals surface area contributed by atoms with Crippen LogP contribution in [-0.2, 0) is 11.3 Å². The summed E-state index contributed by atoms with van der Waals surface area (Å²) in [6, 6.07) is 4.04. The van der Waals surface area contributed by atoms with Crippen LogP contribution in [0, 0.1) is 0 Å². The second kappa shape index (κ2) is 6.37. The fourth-order valence-electron chi connectivity index (χ4n) is 1.22. The maximum atomic E-state index is 5.15. The second-order valence-electron chi connectivity index (χ2n) is 3.51. The third kappa shape index (κ3) is 4.27. The molecule has 4 nitrogen and oxygen atoms in total. The third-order valence-corrected chi connectivity index (χ3v) is 2.18. The molecular formula is C11H19N3O. The standard InChI is InChI=1S/C11H19N3O/c1-9(15-3)7-14-11-6-10(8-12-2)4-5-13-11/h4-6,9,12H,7-8H2,1-3H3,(H,13,14). The Morgan fingerprint density at radius 1 is 1.53 bits per heavy atom.